The number of hydrogen-bond donors (Lipinski definition) is 1. The number of carbonyl (C=O) groups is 3. The number of ether oxygens (including phenoxy) is 2. The summed E-state index contributed by atoms with van der Waals surface area (Å²) < 4.78 is 11.0. The van der Waals surface area contributed by atoms with Crippen LogP contribution in [0, 0.1) is 0 Å². The van der Waals surface area contributed by atoms with E-state index < -0.39 is 23.8 Å². The molecule has 27 heavy (non-hydrogen) atoms. The van der Waals surface area contributed by atoms with E-state index in [1.165, 1.54) is 13.0 Å². The van der Waals surface area contributed by atoms with E-state index in [0.717, 1.165) is 29.6 Å². The van der Waals surface area contributed by atoms with E-state index in [1.807, 2.05) is 19.9 Å². The second-order valence-electron chi connectivity index (χ2n) is 7.45. The molecule has 0 aromatic heterocycles. The highest BCUT2D eigenvalue weighted by Crippen LogP contribution is 2.49. The van der Waals surface area contributed by atoms with E-state index in [1.54, 1.807) is 6.92 Å². The molecule has 1 saturated heterocycles. The van der Waals surface area contributed by atoms with E-state index in [0.29, 0.717) is 12.8 Å². The molecule has 0 radical (unpaired) electrons. The number of hydrogen-bond acceptors (Lipinski definition) is 5. The van der Waals surface area contributed by atoms with Crippen molar-refractivity contribution >= 4 is 17.7 Å². The van der Waals surface area contributed by atoms with E-state index in [9.17, 15) is 14.4 Å². The largest absolute Gasteiger partial charge is 0.481 e. The van der Waals surface area contributed by atoms with Crippen LogP contribution < -0.4 is 0 Å². The molecule has 1 aliphatic carbocycles. The normalized spacial score (nSPS) is 27.7. The van der Waals surface area contributed by atoms with E-state index in [-0.39, 0.29) is 18.2 Å². The maximum Gasteiger partial charge on any atom is 0.303 e. The van der Waals surface area contributed by atoms with Crippen LogP contribution in [0.3, 0.4) is 0 Å². The summed E-state index contributed by atoms with van der Waals surface area (Å²) in [5.41, 5.74) is 2.04. The first-order chi connectivity index (χ1) is 12.7. The van der Waals surface area contributed by atoms with Gasteiger partial charge in [-0.25, -0.2) is 0 Å². The van der Waals surface area contributed by atoms with Crippen molar-refractivity contribution in [2.45, 2.75) is 77.6 Å². The molecule has 148 valence electrons. The smallest absolute Gasteiger partial charge is 0.303 e. The highest BCUT2D eigenvalue weighted by Gasteiger charge is 2.67. The van der Waals surface area contributed by atoms with Crippen molar-refractivity contribution in [3.05, 3.63) is 34.9 Å². The van der Waals surface area contributed by atoms with Gasteiger partial charge in [-0.15, -0.1) is 0 Å². The van der Waals surface area contributed by atoms with E-state index >= 15 is 0 Å². The first-order valence-electron chi connectivity index (χ1n) is 9.26. The van der Waals surface area contributed by atoms with Gasteiger partial charge in [0.15, 0.2) is 17.5 Å². The molecule has 0 saturated carbocycles. The zero-order valence-electron chi connectivity index (χ0n) is 16.4. The van der Waals surface area contributed by atoms with Crippen LogP contribution in [0.2, 0.25) is 0 Å². The molecule has 1 N–H and O–H groups in total. The van der Waals surface area contributed by atoms with Gasteiger partial charge in [-0.05, 0) is 51.7 Å². The van der Waals surface area contributed by atoms with Crippen LogP contribution in [0.15, 0.2) is 34.9 Å². The van der Waals surface area contributed by atoms with Gasteiger partial charge in [0.05, 0.1) is 0 Å². The second kappa shape index (κ2) is 8.65. The molecular formula is C21H28O6. The molecular weight excluding hydrogens is 348 g/mol. The van der Waals surface area contributed by atoms with Gasteiger partial charge >= 0.3 is 11.9 Å². The Labute approximate surface area is 159 Å². The number of epoxide rings is 1. The third kappa shape index (κ3) is 5.39. The van der Waals surface area contributed by atoms with Gasteiger partial charge in [0, 0.05) is 19.8 Å². The summed E-state index contributed by atoms with van der Waals surface area (Å²) in [5.74, 6) is -1.24. The van der Waals surface area contributed by atoms with Crippen molar-refractivity contribution in [1.82, 2.24) is 0 Å². The summed E-state index contributed by atoms with van der Waals surface area (Å²) in [6.07, 6.45) is 7.54. The first-order valence-corrected chi connectivity index (χ1v) is 9.26. The van der Waals surface area contributed by atoms with E-state index in [2.05, 4.69) is 6.08 Å². The molecule has 3 atom stereocenters. The fourth-order valence-electron chi connectivity index (χ4n) is 3.33. The number of carbonyl (C=O) groups excluding carboxylic acids is 2. The monoisotopic (exact) mass is 376 g/mol. The maximum atomic E-state index is 12.4. The number of carboxylic acids is 1. The Bertz CT molecular complexity index is 714. The number of esters is 1. The Morgan fingerprint density at radius 3 is 2.48 bits per heavy atom. The Kier molecular flexibility index (Phi) is 6.76. The number of aliphatic carboxylic acids is 1. The lowest BCUT2D eigenvalue weighted by molar-refractivity contribution is -0.145. The molecule has 1 aliphatic heterocycles. The molecule has 2 rings (SSSR count). The van der Waals surface area contributed by atoms with Crippen LogP contribution in [-0.4, -0.2) is 40.6 Å². The molecule has 2 aliphatic rings. The Balaban J connectivity index is 1.90. The van der Waals surface area contributed by atoms with Gasteiger partial charge in [0.1, 0.15) is 6.10 Å². The number of ketones is 1. The highest BCUT2D eigenvalue weighted by molar-refractivity contribution is 6.02. The SMILES string of the molecule is CC(=O)O[C@@H]1C(C)=CC(=O)[C@]2(C/C=C(/C)CC/C=C(/C)CCC(=O)O)O[C@H]12. The van der Waals surface area contributed by atoms with Gasteiger partial charge < -0.3 is 14.6 Å². The Hall–Kier alpha value is -2.21. The summed E-state index contributed by atoms with van der Waals surface area (Å²) in [6, 6.07) is 0. The van der Waals surface area contributed by atoms with Crippen molar-refractivity contribution in [3.63, 3.8) is 0 Å². The van der Waals surface area contributed by atoms with Crippen LogP contribution in [0.4, 0.5) is 0 Å². The number of allylic oxidation sites excluding steroid dienone is 3. The number of carboxylic acid groups (broad SMARTS) is 1. The van der Waals surface area contributed by atoms with Gasteiger partial charge in [-0.1, -0.05) is 23.3 Å². The lowest BCUT2D eigenvalue weighted by atomic mass is 9.84. The summed E-state index contributed by atoms with van der Waals surface area (Å²) in [4.78, 5) is 34.3. The van der Waals surface area contributed by atoms with Gasteiger partial charge in [0.2, 0.25) is 0 Å². The fraction of sp³-hybridized carbons (Fsp3) is 0.571. The lowest BCUT2D eigenvalue weighted by Crippen LogP contribution is -2.38. The molecule has 1 heterocycles. The molecule has 0 spiro atoms. The average molecular weight is 376 g/mol. The lowest BCUT2D eigenvalue weighted by Gasteiger charge is -2.22. The summed E-state index contributed by atoms with van der Waals surface area (Å²) >= 11 is 0. The number of fused-ring (bicyclic) bond motifs is 1. The predicted octanol–water partition coefficient (Wildman–Crippen LogP) is 3.51. The topological polar surface area (TPSA) is 93.2 Å². The predicted molar refractivity (Wildman–Crippen MR) is 100 cm³/mol. The van der Waals surface area contributed by atoms with Gasteiger partial charge in [-0.3, -0.25) is 14.4 Å². The Morgan fingerprint density at radius 1 is 1.19 bits per heavy atom. The van der Waals surface area contributed by atoms with Crippen molar-refractivity contribution < 1.29 is 29.0 Å². The highest BCUT2D eigenvalue weighted by atomic mass is 16.7. The molecule has 0 bridgehead atoms. The van der Waals surface area contributed by atoms with Crippen molar-refractivity contribution in [2.75, 3.05) is 0 Å². The summed E-state index contributed by atoms with van der Waals surface area (Å²) in [5, 5.41) is 8.70. The average Bonchev–Trinajstić information content (AvgIpc) is 3.31. The van der Waals surface area contributed by atoms with Crippen LogP contribution in [0.5, 0.6) is 0 Å². The van der Waals surface area contributed by atoms with Gasteiger partial charge in [0.25, 0.3) is 0 Å². The molecule has 0 aromatic rings. The molecule has 0 aromatic carbocycles. The molecule has 1 fully saturated rings. The minimum absolute atomic E-state index is 0.0677. The van der Waals surface area contributed by atoms with Crippen LogP contribution in [0.1, 0.15) is 59.8 Å². The van der Waals surface area contributed by atoms with Crippen molar-refractivity contribution in [3.8, 4) is 0 Å². The van der Waals surface area contributed by atoms with Crippen molar-refractivity contribution in [2.24, 2.45) is 0 Å². The molecule has 0 amide bonds. The summed E-state index contributed by atoms with van der Waals surface area (Å²) in [6.45, 7) is 7.07. The third-order valence-corrected chi connectivity index (χ3v) is 5.05. The molecule has 6 nitrogen and oxygen atoms in total. The third-order valence-electron chi connectivity index (χ3n) is 5.05. The fourth-order valence-corrected chi connectivity index (χ4v) is 3.33. The van der Waals surface area contributed by atoms with E-state index in [4.69, 9.17) is 14.6 Å². The molecule has 6 heteroatoms. The second-order valence-corrected chi connectivity index (χ2v) is 7.45. The van der Waals surface area contributed by atoms with Gasteiger partial charge in [-0.2, -0.15) is 0 Å². The standard InChI is InChI=1S/C21H28O6/c1-13(8-9-18(24)25)6-5-7-14(2)10-11-21-17(23)12-15(3)19(20(21)27-21)26-16(4)22/h6,10,12,19-20H,5,7-9,11H2,1-4H3,(H,24,25)/b13-6-,14-10-/t19-,20-,21+/m1/s1. The van der Waals surface area contributed by atoms with Crippen LogP contribution >= 0.6 is 0 Å². The van der Waals surface area contributed by atoms with Crippen LogP contribution in [0.25, 0.3) is 0 Å². The quantitative estimate of drug-likeness (QED) is 0.376. The number of rotatable bonds is 9. The summed E-state index contributed by atoms with van der Waals surface area (Å²) in [7, 11) is 0. The zero-order chi connectivity index (χ0) is 20.2. The molecule has 0 unspecified atom stereocenters. The maximum absolute atomic E-state index is 12.4. The van der Waals surface area contributed by atoms with Crippen molar-refractivity contribution in [1.29, 1.82) is 0 Å². The Morgan fingerprint density at radius 2 is 1.85 bits per heavy atom. The zero-order valence-corrected chi connectivity index (χ0v) is 16.4. The minimum atomic E-state index is -0.895. The minimum Gasteiger partial charge on any atom is -0.481 e. The first kappa shape index (κ1) is 21.1. The van der Waals surface area contributed by atoms with Crippen LogP contribution in [-0.2, 0) is 23.9 Å².